The summed E-state index contributed by atoms with van der Waals surface area (Å²) in [6.45, 7) is 3.06. The molecule has 0 aliphatic carbocycles. The van der Waals surface area contributed by atoms with Crippen molar-refractivity contribution in [2.75, 3.05) is 18.5 Å². The summed E-state index contributed by atoms with van der Waals surface area (Å²) in [5, 5.41) is 7.04. The third-order valence-corrected chi connectivity index (χ3v) is 6.70. The highest BCUT2D eigenvalue weighted by Gasteiger charge is 2.41. The van der Waals surface area contributed by atoms with E-state index in [2.05, 4.69) is 31.2 Å². The summed E-state index contributed by atoms with van der Waals surface area (Å²) in [5.74, 6) is 0.775. The zero-order chi connectivity index (χ0) is 25.6. The maximum absolute atomic E-state index is 12.8. The summed E-state index contributed by atoms with van der Waals surface area (Å²) in [6.07, 6.45) is 4.13. The molecule has 4 aromatic rings. The molecule has 7 nitrogen and oxygen atoms in total. The quantitative estimate of drug-likeness (QED) is 0.298. The average molecular weight is 512 g/mol. The largest absolute Gasteiger partial charge is 0.494 e. The molecular formula is C29H29N5O2S. The van der Waals surface area contributed by atoms with Crippen molar-refractivity contribution >= 4 is 28.9 Å². The van der Waals surface area contributed by atoms with E-state index >= 15 is 0 Å². The van der Waals surface area contributed by atoms with Crippen LogP contribution in [0.15, 0.2) is 97.3 Å². The van der Waals surface area contributed by atoms with E-state index in [-0.39, 0.29) is 18.0 Å². The Hall–Kier alpha value is -4.17. The molecule has 1 aliphatic rings. The van der Waals surface area contributed by atoms with Gasteiger partial charge in [0.1, 0.15) is 5.75 Å². The Kier molecular flexibility index (Phi) is 7.46. The molecule has 2 atom stereocenters. The van der Waals surface area contributed by atoms with Crippen LogP contribution in [0.3, 0.4) is 0 Å². The molecule has 2 aromatic carbocycles. The third-order valence-electron chi connectivity index (χ3n) is 6.34. The second-order valence-corrected chi connectivity index (χ2v) is 9.10. The monoisotopic (exact) mass is 511 g/mol. The third kappa shape index (κ3) is 5.49. The number of carbonyl (C=O) groups is 1. The van der Waals surface area contributed by atoms with Gasteiger partial charge in [-0.05, 0) is 79.8 Å². The van der Waals surface area contributed by atoms with Crippen LogP contribution in [0.2, 0.25) is 0 Å². The van der Waals surface area contributed by atoms with Crippen LogP contribution in [-0.4, -0.2) is 38.6 Å². The number of anilines is 1. The van der Waals surface area contributed by atoms with Gasteiger partial charge < -0.3 is 24.8 Å². The predicted molar refractivity (Wildman–Crippen MR) is 149 cm³/mol. The van der Waals surface area contributed by atoms with Gasteiger partial charge in [0.25, 0.3) is 0 Å². The molecule has 1 saturated heterocycles. The minimum atomic E-state index is -0.165. The van der Waals surface area contributed by atoms with Crippen molar-refractivity contribution in [2.24, 2.45) is 0 Å². The first-order valence-corrected chi connectivity index (χ1v) is 12.8. The van der Waals surface area contributed by atoms with E-state index < -0.39 is 0 Å². The maximum Gasteiger partial charge on any atom is 0.226 e. The van der Waals surface area contributed by atoms with Crippen molar-refractivity contribution in [1.29, 1.82) is 0 Å². The molecule has 0 saturated carbocycles. The number of carbonyl (C=O) groups excluding carboxylic acids is 1. The summed E-state index contributed by atoms with van der Waals surface area (Å²) >= 11 is 5.79. The summed E-state index contributed by atoms with van der Waals surface area (Å²) in [7, 11) is 0. The van der Waals surface area contributed by atoms with Gasteiger partial charge in [-0.1, -0.05) is 24.3 Å². The van der Waals surface area contributed by atoms with Crippen LogP contribution < -0.4 is 15.4 Å². The highest BCUT2D eigenvalue weighted by molar-refractivity contribution is 7.80. The van der Waals surface area contributed by atoms with E-state index in [0.29, 0.717) is 24.7 Å². The van der Waals surface area contributed by atoms with Gasteiger partial charge in [0, 0.05) is 42.4 Å². The van der Waals surface area contributed by atoms with Crippen LogP contribution in [0.25, 0.3) is 5.69 Å². The highest BCUT2D eigenvalue weighted by atomic mass is 32.1. The summed E-state index contributed by atoms with van der Waals surface area (Å²) < 4.78 is 7.78. The van der Waals surface area contributed by atoms with Crippen LogP contribution in [-0.2, 0) is 4.79 Å². The van der Waals surface area contributed by atoms with E-state index in [0.717, 1.165) is 28.5 Å². The van der Waals surface area contributed by atoms with Crippen LogP contribution in [0.1, 0.15) is 36.8 Å². The fourth-order valence-corrected chi connectivity index (χ4v) is 5.01. The molecule has 37 heavy (non-hydrogen) atoms. The number of aromatic nitrogens is 2. The Morgan fingerprint density at radius 2 is 1.81 bits per heavy atom. The topological polar surface area (TPSA) is 71.4 Å². The highest BCUT2D eigenvalue weighted by Crippen LogP contribution is 2.39. The van der Waals surface area contributed by atoms with E-state index in [1.807, 2.05) is 92.0 Å². The fourth-order valence-electron chi connectivity index (χ4n) is 4.67. The van der Waals surface area contributed by atoms with Crippen LogP contribution in [0.4, 0.5) is 5.69 Å². The van der Waals surface area contributed by atoms with Gasteiger partial charge in [0.2, 0.25) is 5.91 Å². The number of nitrogens with zero attached hydrogens (tertiary/aromatic N) is 3. The lowest BCUT2D eigenvalue weighted by Crippen LogP contribution is -2.33. The number of ether oxygens (including phenoxy) is 1. The molecule has 2 N–H and O–H groups in total. The second kappa shape index (κ2) is 11.3. The van der Waals surface area contributed by atoms with Crippen LogP contribution >= 0.6 is 12.2 Å². The molecule has 0 radical (unpaired) electrons. The van der Waals surface area contributed by atoms with Gasteiger partial charge in [-0.2, -0.15) is 0 Å². The van der Waals surface area contributed by atoms with Gasteiger partial charge in [0.05, 0.1) is 24.4 Å². The summed E-state index contributed by atoms with van der Waals surface area (Å²) in [6, 6.07) is 27.2. The molecule has 8 heteroatoms. The number of thiocarbonyl (C=S) groups is 1. The molecule has 0 unspecified atom stereocenters. The smallest absolute Gasteiger partial charge is 0.226 e. The van der Waals surface area contributed by atoms with Crippen LogP contribution in [0.5, 0.6) is 5.75 Å². The number of hydrogen-bond acceptors (Lipinski definition) is 4. The molecule has 0 bridgehead atoms. The van der Waals surface area contributed by atoms with Crippen molar-refractivity contribution < 1.29 is 9.53 Å². The Bertz CT molecular complexity index is 1340. The lowest BCUT2D eigenvalue weighted by atomic mass is 10.0. The molecule has 2 aromatic heterocycles. The van der Waals surface area contributed by atoms with Gasteiger partial charge in [-0.25, -0.2) is 0 Å². The van der Waals surface area contributed by atoms with E-state index in [4.69, 9.17) is 17.0 Å². The Balaban J connectivity index is 1.43. The first-order valence-electron chi connectivity index (χ1n) is 12.4. The van der Waals surface area contributed by atoms with E-state index in [1.165, 1.54) is 0 Å². The summed E-state index contributed by atoms with van der Waals surface area (Å²) in [4.78, 5) is 19.5. The van der Waals surface area contributed by atoms with Crippen molar-refractivity contribution in [2.45, 2.75) is 25.4 Å². The minimum Gasteiger partial charge on any atom is -0.494 e. The zero-order valence-corrected chi connectivity index (χ0v) is 21.4. The lowest BCUT2D eigenvalue weighted by molar-refractivity contribution is -0.116. The molecular weight excluding hydrogens is 482 g/mol. The molecule has 3 heterocycles. The van der Waals surface area contributed by atoms with Gasteiger partial charge in [-0.3, -0.25) is 9.78 Å². The Morgan fingerprint density at radius 1 is 1.03 bits per heavy atom. The number of pyridine rings is 1. The number of amides is 1. The van der Waals surface area contributed by atoms with Crippen molar-refractivity contribution in [3.8, 4) is 11.4 Å². The van der Waals surface area contributed by atoms with Gasteiger partial charge >= 0.3 is 0 Å². The zero-order valence-electron chi connectivity index (χ0n) is 20.6. The van der Waals surface area contributed by atoms with Crippen LogP contribution in [0, 0.1) is 0 Å². The Morgan fingerprint density at radius 3 is 2.54 bits per heavy atom. The SMILES string of the molecule is CCOc1ccc(-n2cccc2[C@@H]2[C@@H](c3ccccn3)NC(=S)N2CCC(=O)Nc2ccccc2)cc1. The van der Waals surface area contributed by atoms with Crippen molar-refractivity contribution in [1.82, 2.24) is 19.8 Å². The van der Waals surface area contributed by atoms with E-state index in [1.54, 1.807) is 6.20 Å². The maximum atomic E-state index is 12.8. The van der Waals surface area contributed by atoms with Gasteiger partial charge in [-0.15, -0.1) is 0 Å². The molecule has 188 valence electrons. The second-order valence-electron chi connectivity index (χ2n) is 8.71. The first-order chi connectivity index (χ1) is 18.1. The van der Waals surface area contributed by atoms with Crippen molar-refractivity contribution in [3.63, 3.8) is 0 Å². The predicted octanol–water partition coefficient (Wildman–Crippen LogP) is 5.27. The Labute approximate surface area is 222 Å². The molecule has 5 rings (SSSR count). The molecule has 1 amide bonds. The molecule has 1 aliphatic heterocycles. The normalized spacial score (nSPS) is 16.9. The number of para-hydroxylation sites is 1. The first kappa shape index (κ1) is 24.5. The lowest BCUT2D eigenvalue weighted by Gasteiger charge is -2.29. The molecule has 0 spiro atoms. The number of hydrogen-bond donors (Lipinski definition) is 2. The minimum absolute atomic E-state index is 0.0593. The fraction of sp³-hybridized carbons (Fsp3) is 0.207. The standard InChI is InChI=1S/C29H29N5O2S/c1-2-36-23-15-13-22(14-16-23)33-19-8-12-25(33)28-27(24-11-6-7-18-30-24)32-29(37)34(28)20-17-26(35)31-21-9-4-3-5-10-21/h3-16,18-19,27-28H,2,17,20H2,1H3,(H,31,35)(H,32,37)/t27-,28-/m1/s1. The van der Waals surface area contributed by atoms with E-state index in [9.17, 15) is 4.79 Å². The molecule has 1 fully saturated rings. The van der Waals surface area contributed by atoms with Crippen molar-refractivity contribution in [3.05, 3.63) is 109 Å². The number of nitrogens with one attached hydrogen (secondary N) is 2. The number of rotatable bonds is 9. The summed E-state index contributed by atoms with van der Waals surface area (Å²) in [5.41, 5.74) is 3.74. The number of benzene rings is 2. The van der Waals surface area contributed by atoms with Gasteiger partial charge in [0.15, 0.2) is 5.11 Å². The average Bonchev–Trinajstić information content (AvgIpc) is 3.53.